The zero-order valence-corrected chi connectivity index (χ0v) is 18.7. The minimum absolute atomic E-state index is 0.171. The van der Waals surface area contributed by atoms with Crippen molar-refractivity contribution in [2.45, 2.75) is 18.4 Å². The maximum Gasteiger partial charge on any atom is 0.409 e. The number of carbonyl (C=O) groups is 1. The molecule has 1 aliphatic rings. The summed E-state index contributed by atoms with van der Waals surface area (Å²) in [5, 5.41) is 4.63. The first-order valence-corrected chi connectivity index (χ1v) is 12.0. The first kappa shape index (κ1) is 22.0. The van der Waals surface area contributed by atoms with E-state index in [-0.39, 0.29) is 31.1 Å². The van der Waals surface area contributed by atoms with Gasteiger partial charge in [-0.1, -0.05) is 60.7 Å². The van der Waals surface area contributed by atoms with Crippen molar-refractivity contribution in [2.24, 2.45) is 0 Å². The van der Waals surface area contributed by atoms with E-state index in [4.69, 9.17) is 4.74 Å². The van der Waals surface area contributed by atoms with Crippen molar-refractivity contribution in [1.82, 2.24) is 19.0 Å². The minimum Gasteiger partial charge on any atom is -0.450 e. The molecule has 0 saturated carbocycles. The second-order valence-corrected chi connectivity index (χ2v) is 9.39. The molecule has 0 radical (unpaired) electrons. The van der Waals surface area contributed by atoms with Crippen LogP contribution in [0.25, 0.3) is 11.3 Å². The summed E-state index contributed by atoms with van der Waals surface area (Å²) >= 11 is 0. The van der Waals surface area contributed by atoms with Crippen LogP contribution < -0.4 is 0 Å². The van der Waals surface area contributed by atoms with Gasteiger partial charge in [0.1, 0.15) is 10.6 Å². The van der Waals surface area contributed by atoms with Crippen molar-refractivity contribution in [3.8, 4) is 11.3 Å². The van der Waals surface area contributed by atoms with Gasteiger partial charge in [0.05, 0.1) is 13.2 Å². The first-order valence-electron chi connectivity index (χ1n) is 10.6. The van der Waals surface area contributed by atoms with Crippen molar-refractivity contribution in [3.05, 3.63) is 72.4 Å². The molecule has 3 aromatic rings. The Morgan fingerprint density at radius 3 is 2.22 bits per heavy atom. The molecule has 0 aliphatic carbocycles. The Hall–Kier alpha value is -3.17. The predicted molar refractivity (Wildman–Crippen MR) is 121 cm³/mol. The van der Waals surface area contributed by atoms with E-state index < -0.39 is 16.1 Å². The lowest BCUT2D eigenvalue weighted by Gasteiger charge is -2.33. The van der Waals surface area contributed by atoms with E-state index in [0.717, 1.165) is 11.1 Å². The summed E-state index contributed by atoms with van der Waals surface area (Å²) in [6, 6.07) is 19.1. The molecule has 9 heteroatoms. The van der Waals surface area contributed by atoms with Crippen molar-refractivity contribution in [1.29, 1.82) is 0 Å². The summed E-state index contributed by atoms with van der Waals surface area (Å²) in [5.41, 5.74) is 2.19. The SMILES string of the molecule is CCOC(=O)N1CCN(S(=O)(=O)c2cn(Cc3ccccc3)nc2-c2ccccc2)CC1. The molecule has 4 rings (SSSR count). The Kier molecular flexibility index (Phi) is 6.57. The van der Waals surface area contributed by atoms with E-state index in [0.29, 0.717) is 18.8 Å². The monoisotopic (exact) mass is 454 g/mol. The number of piperazine rings is 1. The number of hydrogen-bond acceptors (Lipinski definition) is 5. The summed E-state index contributed by atoms with van der Waals surface area (Å²) in [6.07, 6.45) is 1.19. The molecule has 1 aliphatic heterocycles. The van der Waals surface area contributed by atoms with Gasteiger partial charge in [-0.05, 0) is 12.5 Å². The average molecular weight is 455 g/mol. The van der Waals surface area contributed by atoms with Gasteiger partial charge in [-0.2, -0.15) is 9.40 Å². The van der Waals surface area contributed by atoms with Gasteiger partial charge in [-0.25, -0.2) is 13.2 Å². The molecule has 2 heterocycles. The zero-order chi connectivity index (χ0) is 22.6. The molecule has 1 aromatic heterocycles. The predicted octanol–water partition coefficient (Wildman–Crippen LogP) is 3.06. The van der Waals surface area contributed by atoms with Crippen molar-refractivity contribution < 1.29 is 17.9 Å². The number of rotatable bonds is 6. The largest absolute Gasteiger partial charge is 0.450 e. The van der Waals surface area contributed by atoms with Crippen molar-refractivity contribution in [2.75, 3.05) is 32.8 Å². The van der Waals surface area contributed by atoms with Gasteiger partial charge in [0.25, 0.3) is 0 Å². The highest BCUT2D eigenvalue weighted by molar-refractivity contribution is 7.89. The number of ether oxygens (including phenoxy) is 1. The number of aromatic nitrogens is 2. The number of benzene rings is 2. The van der Waals surface area contributed by atoms with E-state index >= 15 is 0 Å². The van der Waals surface area contributed by atoms with Gasteiger partial charge in [-0.15, -0.1) is 0 Å². The van der Waals surface area contributed by atoms with Crippen molar-refractivity contribution in [3.63, 3.8) is 0 Å². The first-order chi connectivity index (χ1) is 15.5. The highest BCUT2D eigenvalue weighted by atomic mass is 32.2. The van der Waals surface area contributed by atoms with Crippen LogP contribution in [-0.4, -0.2) is 66.3 Å². The molecule has 32 heavy (non-hydrogen) atoms. The Morgan fingerprint density at radius 2 is 1.59 bits per heavy atom. The van der Waals surface area contributed by atoms with Gasteiger partial charge in [0, 0.05) is 37.9 Å². The molecule has 0 atom stereocenters. The Morgan fingerprint density at radius 1 is 0.969 bits per heavy atom. The summed E-state index contributed by atoms with van der Waals surface area (Å²) in [5.74, 6) is 0. The maximum atomic E-state index is 13.6. The van der Waals surface area contributed by atoms with Crippen LogP contribution in [0.3, 0.4) is 0 Å². The second kappa shape index (κ2) is 9.54. The van der Waals surface area contributed by atoms with Crippen LogP contribution >= 0.6 is 0 Å². The van der Waals surface area contributed by atoms with E-state index in [1.165, 1.54) is 9.21 Å². The number of hydrogen-bond donors (Lipinski definition) is 0. The summed E-state index contributed by atoms with van der Waals surface area (Å²) in [4.78, 5) is 13.7. The quantitative estimate of drug-likeness (QED) is 0.572. The molecule has 1 saturated heterocycles. The third-order valence-corrected chi connectivity index (χ3v) is 7.24. The Labute approximate surface area is 188 Å². The van der Waals surface area contributed by atoms with Crippen LogP contribution in [-0.2, 0) is 21.3 Å². The van der Waals surface area contributed by atoms with Gasteiger partial charge >= 0.3 is 6.09 Å². The van der Waals surface area contributed by atoms with Gasteiger partial charge in [0.15, 0.2) is 0 Å². The van der Waals surface area contributed by atoms with Crippen LogP contribution in [0.1, 0.15) is 12.5 Å². The molecule has 0 spiro atoms. The van der Waals surface area contributed by atoms with E-state index in [9.17, 15) is 13.2 Å². The van der Waals surface area contributed by atoms with E-state index in [1.54, 1.807) is 17.8 Å². The fraction of sp³-hybridized carbons (Fsp3) is 0.304. The number of nitrogens with zero attached hydrogens (tertiary/aromatic N) is 4. The van der Waals surface area contributed by atoms with Crippen molar-refractivity contribution >= 4 is 16.1 Å². The summed E-state index contributed by atoms with van der Waals surface area (Å²) in [7, 11) is -3.80. The topological polar surface area (TPSA) is 84.7 Å². The van der Waals surface area contributed by atoms with Crippen LogP contribution in [0, 0.1) is 0 Å². The van der Waals surface area contributed by atoms with Gasteiger partial charge in [0.2, 0.25) is 10.0 Å². The summed E-state index contributed by atoms with van der Waals surface area (Å²) < 4.78 is 35.3. The van der Waals surface area contributed by atoms with Crippen LogP contribution in [0.2, 0.25) is 0 Å². The second-order valence-electron chi connectivity index (χ2n) is 7.48. The molecule has 1 amide bonds. The standard InChI is InChI=1S/C23H26N4O4S/c1-2-31-23(28)25-13-15-27(16-14-25)32(29,30)21-18-26(17-19-9-5-3-6-10-19)24-22(21)20-11-7-4-8-12-20/h3-12,18H,2,13-17H2,1H3. The smallest absolute Gasteiger partial charge is 0.409 e. The lowest BCUT2D eigenvalue weighted by atomic mass is 10.2. The van der Waals surface area contributed by atoms with Gasteiger partial charge in [-0.3, -0.25) is 4.68 Å². The molecular formula is C23H26N4O4S. The third-order valence-electron chi connectivity index (χ3n) is 5.35. The molecule has 168 valence electrons. The molecule has 0 unspecified atom stereocenters. The molecule has 0 N–H and O–H groups in total. The highest BCUT2D eigenvalue weighted by Crippen LogP contribution is 2.29. The van der Waals surface area contributed by atoms with E-state index in [1.807, 2.05) is 60.7 Å². The lowest BCUT2D eigenvalue weighted by molar-refractivity contribution is 0.0934. The normalized spacial score (nSPS) is 15.0. The molecule has 8 nitrogen and oxygen atoms in total. The van der Waals surface area contributed by atoms with Crippen LogP contribution in [0.15, 0.2) is 71.8 Å². The third kappa shape index (κ3) is 4.68. The molecule has 1 fully saturated rings. The Bertz CT molecular complexity index is 1160. The fourth-order valence-electron chi connectivity index (χ4n) is 3.70. The number of carbonyl (C=O) groups excluding carboxylic acids is 1. The molecular weight excluding hydrogens is 428 g/mol. The molecule has 0 bridgehead atoms. The maximum absolute atomic E-state index is 13.6. The number of sulfonamides is 1. The zero-order valence-electron chi connectivity index (χ0n) is 17.9. The van der Waals surface area contributed by atoms with E-state index in [2.05, 4.69) is 5.10 Å². The lowest BCUT2D eigenvalue weighted by Crippen LogP contribution is -2.50. The van der Waals surface area contributed by atoms with Crippen LogP contribution in [0.4, 0.5) is 4.79 Å². The van der Waals surface area contributed by atoms with Crippen LogP contribution in [0.5, 0.6) is 0 Å². The van der Waals surface area contributed by atoms with Gasteiger partial charge < -0.3 is 9.64 Å². The average Bonchev–Trinajstić information content (AvgIpc) is 3.25. The number of amides is 1. The summed E-state index contributed by atoms with van der Waals surface area (Å²) in [6.45, 7) is 3.49. The fourth-order valence-corrected chi connectivity index (χ4v) is 5.28. The Balaban J connectivity index is 1.63. The minimum atomic E-state index is -3.80. The highest BCUT2D eigenvalue weighted by Gasteiger charge is 2.34. The molecule has 2 aromatic carbocycles.